The van der Waals surface area contributed by atoms with Gasteiger partial charge in [-0.1, -0.05) is 90.5 Å². The van der Waals surface area contributed by atoms with Crippen LogP contribution in [0.2, 0.25) is 0 Å². The van der Waals surface area contributed by atoms with Crippen LogP contribution in [0.15, 0.2) is 48.5 Å². The average Bonchev–Trinajstić information content (AvgIpc) is 2.99. The van der Waals surface area contributed by atoms with E-state index in [4.69, 9.17) is 19.2 Å². The van der Waals surface area contributed by atoms with E-state index in [1.54, 1.807) is 0 Å². The predicted octanol–water partition coefficient (Wildman–Crippen LogP) is 10.2. The molecule has 0 aliphatic heterocycles. The molecule has 2 rings (SSSR count). The van der Waals surface area contributed by atoms with Gasteiger partial charge in [-0.2, -0.15) is 0 Å². The van der Waals surface area contributed by atoms with Gasteiger partial charge in [-0.15, -0.1) is 0 Å². The fourth-order valence-electron chi connectivity index (χ4n) is 4.83. The maximum Gasteiger partial charge on any atom is 0.119 e. The molecule has 0 spiro atoms. The molecule has 40 heavy (non-hydrogen) atoms. The zero-order chi connectivity index (χ0) is 28.7. The lowest BCUT2D eigenvalue weighted by Gasteiger charge is -2.15. The minimum absolute atomic E-state index is 0.649. The maximum atomic E-state index is 6.03. The molecule has 0 heterocycles. The van der Waals surface area contributed by atoms with Crippen molar-refractivity contribution in [1.82, 2.24) is 0 Å². The predicted molar refractivity (Wildman–Crippen MR) is 168 cm³/mol. The fourth-order valence-corrected chi connectivity index (χ4v) is 4.83. The van der Waals surface area contributed by atoms with E-state index in [0.29, 0.717) is 25.0 Å². The van der Waals surface area contributed by atoms with Crippen LogP contribution in [0.25, 0.3) is 0 Å². The topological polar surface area (TPSA) is 36.9 Å². The van der Waals surface area contributed by atoms with Gasteiger partial charge in [0.05, 0.1) is 26.4 Å². The highest BCUT2D eigenvalue weighted by molar-refractivity contribution is 5.28. The first-order valence-electron chi connectivity index (χ1n) is 16.4. The lowest BCUT2D eigenvalue weighted by Crippen LogP contribution is -2.11. The first-order valence-corrected chi connectivity index (χ1v) is 16.4. The first kappa shape index (κ1) is 34.2. The molecule has 226 valence electrons. The van der Waals surface area contributed by atoms with Crippen LogP contribution < -0.4 is 9.47 Å². The van der Waals surface area contributed by atoms with Gasteiger partial charge in [-0.05, 0) is 98.6 Å². The molecule has 0 saturated heterocycles. The Morgan fingerprint density at radius 3 is 1.25 bits per heavy atom. The van der Waals surface area contributed by atoms with Crippen molar-refractivity contribution in [1.29, 1.82) is 0 Å². The molecule has 0 amide bonds. The van der Waals surface area contributed by atoms with E-state index >= 15 is 0 Å². The summed E-state index contributed by atoms with van der Waals surface area (Å²) in [5, 5.41) is 0. The van der Waals surface area contributed by atoms with Crippen molar-refractivity contribution < 1.29 is 19.2 Å². The molecule has 0 aliphatic carbocycles. The monoisotopic (exact) mass is 554 g/mol. The summed E-state index contributed by atoms with van der Waals surface area (Å²) in [4.78, 5) is 10.8. The van der Waals surface area contributed by atoms with E-state index in [0.717, 1.165) is 63.2 Å². The second kappa shape index (κ2) is 22.6. The smallest absolute Gasteiger partial charge is 0.119 e. The Bertz CT molecular complexity index is 761. The number of hydrogen-bond acceptors (Lipinski definition) is 4. The van der Waals surface area contributed by atoms with Gasteiger partial charge in [0.15, 0.2) is 0 Å². The molecule has 2 aromatic rings. The van der Waals surface area contributed by atoms with Gasteiger partial charge < -0.3 is 9.47 Å². The van der Waals surface area contributed by atoms with E-state index in [9.17, 15) is 0 Å². The Morgan fingerprint density at radius 1 is 0.500 bits per heavy atom. The van der Waals surface area contributed by atoms with Crippen LogP contribution in [-0.4, -0.2) is 26.4 Å². The van der Waals surface area contributed by atoms with Crippen molar-refractivity contribution in [3.63, 3.8) is 0 Å². The van der Waals surface area contributed by atoms with Crippen LogP contribution >= 0.6 is 0 Å². The first-order chi connectivity index (χ1) is 19.7. The highest BCUT2D eigenvalue weighted by Crippen LogP contribution is 2.19. The molecule has 2 aromatic carbocycles. The Kier molecular flexibility index (Phi) is 19.3. The van der Waals surface area contributed by atoms with E-state index in [1.807, 2.05) is 0 Å². The molecule has 2 unspecified atom stereocenters. The zero-order valence-corrected chi connectivity index (χ0v) is 26.1. The van der Waals surface area contributed by atoms with Gasteiger partial charge in [-0.3, -0.25) is 0 Å². The number of unbranched alkanes of at least 4 members (excludes halogenated alkanes) is 4. The Labute approximate surface area is 246 Å². The van der Waals surface area contributed by atoms with E-state index in [1.165, 1.54) is 62.5 Å². The molecule has 0 fully saturated rings. The molecule has 0 aliphatic rings. The van der Waals surface area contributed by atoms with Gasteiger partial charge in [0.25, 0.3) is 0 Å². The van der Waals surface area contributed by atoms with Crippen LogP contribution in [0.5, 0.6) is 11.5 Å². The van der Waals surface area contributed by atoms with Crippen LogP contribution in [0.3, 0.4) is 0 Å². The van der Waals surface area contributed by atoms with E-state index < -0.39 is 0 Å². The summed E-state index contributed by atoms with van der Waals surface area (Å²) in [6.07, 6.45) is 16.3. The third kappa shape index (κ3) is 15.7. The molecular formula is C36H58O4. The molecule has 0 bridgehead atoms. The van der Waals surface area contributed by atoms with Crippen LogP contribution in [0.4, 0.5) is 0 Å². The molecule has 0 radical (unpaired) electrons. The summed E-state index contributed by atoms with van der Waals surface area (Å²) in [5.41, 5.74) is 2.70. The molecular weight excluding hydrogens is 496 g/mol. The van der Waals surface area contributed by atoms with Gasteiger partial charge >= 0.3 is 0 Å². The Balaban J connectivity index is 1.45. The van der Waals surface area contributed by atoms with Crippen molar-refractivity contribution in [2.24, 2.45) is 11.8 Å². The molecule has 0 N–H and O–H groups in total. The average molecular weight is 555 g/mol. The summed E-state index contributed by atoms with van der Waals surface area (Å²) < 4.78 is 12.1. The standard InChI is InChI=1S/C36H58O4/c1-5-9-15-31(7-3)29-37-35-23-19-33(20-24-35)17-11-13-27-39-40-28-14-12-18-34-21-25-36(26-22-34)38-30-32(8-4)16-10-6-2/h19-26,31-32H,5-18,27-30H2,1-4H3. The van der Waals surface area contributed by atoms with Gasteiger partial charge in [0, 0.05) is 0 Å². The van der Waals surface area contributed by atoms with Crippen molar-refractivity contribution >= 4 is 0 Å². The van der Waals surface area contributed by atoms with Crippen LogP contribution in [0.1, 0.15) is 116 Å². The summed E-state index contributed by atoms with van der Waals surface area (Å²) in [6.45, 7) is 12.0. The van der Waals surface area contributed by atoms with Crippen molar-refractivity contribution in [2.75, 3.05) is 26.4 Å². The highest BCUT2D eigenvalue weighted by atomic mass is 17.2. The van der Waals surface area contributed by atoms with Crippen molar-refractivity contribution in [3.8, 4) is 11.5 Å². The largest absolute Gasteiger partial charge is 0.493 e. The van der Waals surface area contributed by atoms with Gasteiger partial charge in [0.1, 0.15) is 11.5 Å². The summed E-state index contributed by atoms with van der Waals surface area (Å²) in [6, 6.07) is 17.2. The minimum Gasteiger partial charge on any atom is -0.493 e. The molecule has 2 atom stereocenters. The summed E-state index contributed by atoms with van der Waals surface area (Å²) >= 11 is 0. The third-order valence-corrected chi connectivity index (χ3v) is 7.87. The number of aryl methyl sites for hydroxylation is 2. The molecule has 0 aromatic heterocycles. The molecule has 4 nitrogen and oxygen atoms in total. The second-order valence-electron chi connectivity index (χ2n) is 11.3. The van der Waals surface area contributed by atoms with Crippen molar-refractivity contribution in [2.45, 2.75) is 118 Å². The SMILES string of the molecule is CCCCC(CC)COc1ccc(CCCCOOCCCCc2ccc(OCC(CC)CCCC)cc2)cc1. The number of hydrogen-bond donors (Lipinski definition) is 0. The lowest BCUT2D eigenvalue weighted by molar-refractivity contribution is -0.295. The molecule has 0 saturated carbocycles. The minimum atomic E-state index is 0.649. The number of rotatable bonds is 25. The summed E-state index contributed by atoms with van der Waals surface area (Å²) in [7, 11) is 0. The summed E-state index contributed by atoms with van der Waals surface area (Å²) in [5.74, 6) is 3.30. The van der Waals surface area contributed by atoms with E-state index in [2.05, 4.69) is 76.2 Å². The molecule has 4 heteroatoms. The Hall–Kier alpha value is -2.04. The van der Waals surface area contributed by atoms with Crippen LogP contribution in [0, 0.1) is 11.8 Å². The van der Waals surface area contributed by atoms with Crippen LogP contribution in [-0.2, 0) is 22.6 Å². The number of ether oxygens (including phenoxy) is 2. The second-order valence-corrected chi connectivity index (χ2v) is 11.3. The van der Waals surface area contributed by atoms with Gasteiger partial charge in [-0.25, -0.2) is 9.78 Å². The highest BCUT2D eigenvalue weighted by Gasteiger charge is 2.08. The Morgan fingerprint density at radius 2 is 0.900 bits per heavy atom. The van der Waals surface area contributed by atoms with E-state index in [-0.39, 0.29) is 0 Å². The number of benzene rings is 2. The maximum absolute atomic E-state index is 6.03. The quantitative estimate of drug-likeness (QED) is 0.0695. The van der Waals surface area contributed by atoms with Crippen molar-refractivity contribution in [3.05, 3.63) is 59.7 Å². The lowest BCUT2D eigenvalue weighted by atomic mass is 10.0. The fraction of sp³-hybridized carbons (Fsp3) is 0.667. The zero-order valence-electron chi connectivity index (χ0n) is 26.1. The normalized spacial score (nSPS) is 12.8. The third-order valence-electron chi connectivity index (χ3n) is 7.87. The van der Waals surface area contributed by atoms with Gasteiger partial charge in [0.2, 0.25) is 0 Å².